The molecule has 0 aliphatic carbocycles. The Labute approximate surface area is 197 Å². The van der Waals surface area contributed by atoms with Crippen molar-refractivity contribution in [1.29, 1.82) is 0 Å². The lowest BCUT2D eigenvalue weighted by atomic mass is 10.1. The molecule has 2 rings (SSSR count). The molecular weight excluding hydrogens is 473 g/mol. The number of nitrogens with one attached hydrogen (secondary N) is 1. The smallest absolute Gasteiger partial charge is 0.444 e. The summed E-state index contributed by atoms with van der Waals surface area (Å²) in [7, 11) is -4.02. The van der Waals surface area contributed by atoms with Gasteiger partial charge in [0.05, 0.1) is 4.90 Å². The van der Waals surface area contributed by atoms with E-state index in [1.165, 1.54) is 4.90 Å². The van der Waals surface area contributed by atoms with Gasteiger partial charge in [0.15, 0.2) is 0 Å². The number of benzene rings is 2. The van der Waals surface area contributed by atoms with Crippen molar-refractivity contribution in [2.45, 2.75) is 44.1 Å². The minimum Gasteiger partial charge on any atom is -0.444 e. The number of halogens is 3. The fraction of sp³-hybridized carbons (Fsp3) is 0.348. The highest BCUT2D eigenvalue weighted by Crippen LogP contribution is 2.25. The molecule has 0 heterocycles. The van der Waals surface area contributed by atoms with E-state index in [0.717, 1.165) is 29.8 Å². The molecule has 0 atom stereocenters. The average molecular weight is 501 g/mol. The predicted molar refractivity (Wildman–Crippen MR) is 122 cm³/mol. The molecule has 0 aromatic heterocycles. The van der Waals surface area contributed by atoms with E-state index in [1.807, 2.05) is 0 Å². The van der Waals surface area contributed by atoms with Crippen molar-refractivity contribution < 1.29 is 35.9 Å². The van der Waals surface area contributed by atoms with E-state index in [4.69, 9.17) is 4.74 Å². The zero-order chi connectivity index (χ0) is 25.6. The van der Waals surface area contributed by atoms with Gasteiger partial charge in [0.25, 0.3) is 10.0 Å². The number of amides is 1. The van der Waals surface area contributed by atoms with E-state index in [2.05, 4.69) is 16.0 Å². The number of sulfonamides is 1. The monoisotopic (exact) mass is 500 g/mol. The summed E-state index contributed by atoms with van der Waals surface area (Å²) in [6.07, 6.45) is -3.22. The third-order valence-electron chi connectivity index (χ3n) is 4.25. The lowest BCUT2D eigenvalue weighted by Gasteiger charge is -2.26. The Kier molecular flexibility index (Phi) is 8.60. The van der Waals surface area contributed by atoms with Crippen molar-refractivity contribution in [2.75, 3.05) is 17.8 Å². The van der Waals surface area contributed by atoms with Gasteiger partial charge in [0.1, 0.15) is 11.4 Å². The largest absolute Gasteiger partial charge is 0.573 e. The van der Waals surface area contributed by atoms with Gasteiger partial charge in [-0.15, -0.1) is 19.8 Å². The zero-order valence-corrected chi connectivity index (χ0v) is 19.9. The molecule has 0 unspecified atom stereocenters. The standard InChI is InChI=1S/C23H27F3N2O5S/c1-5-15-28(21(29)33-22(2,3)4)16-14-17-6-8-18(9-7-17)27-34(30,31)20-12-10-19(11-13-20)32-23(24,25)26/h5-13,27H,1,14-16H2,2-4H3. The summed E-state index contributed by atoms with van der Waals surface area (Å²) in [4.78, 5) is 13.6. The number of alkyl halides is 3. The number of hydrogen-bond donors (Lipinski definition) is 1. The van der Waals surface area contributed by atoms with E-state index < -0.39 is 33.8 Å². The van der Waals surface area contributed by atoms with Crippen LogP contribution in [0.3, 0.4) is 0 Å². The van der Waals surface area contributed by atoms with Gasteiger partial charge in [-0.1, -0.05) is 18.2 Å². The van der Waals surface area contributed by atoms with Crippen molar-refractivity contribution >= 4 is 21.8 Å². The van der Waals surface area contributed by atoms with Crippen LogP contribution in [0.2, 0.25) is 0 Å². The molecule has 0 aliphatic heterocycles. The molecule has 0 fully saturated rings. The first-order valence-corrected chi connectivity index (χ1v) is 11.7. The second-order valence-electron chi connectivity index (χ2n) is 8.29. The van der Waals surface area contributed by atoms with Crippen molar-refractivity contribution in [3.8, 4) is 5.75 Å². The van der Waals surface area contributed by atoms with Crippen LogP contribution in [0.5, 0.6) is 5.75 Å². The molecule has 1 amide bonds. The lowest BCUT2D eigenvalue weighted by Crippen LogP contribution is -2.38. The van der Waals surface area contributed by atoms with Gasteiger partial charge in [-0.05, 0) is 69.2 Å². The summed E-state index contributed by atoms with van der Waals surface area (Å²) in [5.41, 5.74) is 0.504. The molecule has 1 N–H and O–H groups in total. The van der Waals surface area contributed by atoms with Gasteiger partial charge in [-0.3, -0.25) is 4.72 Å². The molecule has 34 heavy (non-hydrogen) atoms. The molecule has 186 valence electrons. The van der Waals surface area contributed by atoms with E-state index in [0.29, 0.717) is 19.5 Å². The highest BCUT2D eigenvalue weighted by Gasteiger charge is 2.31. The Morgan fingerprint density at radius 3 is 2.15 bits per heavy atom. The van der Waals surface area contributed by atoms with E-state index in [9.17, 15) is 26.4 Å². The number of rotatable bonds is 9. The third-order valence-corrected chi connectivity index (χ3v) is 5.64. The molecule has 7 nitrogen and oxygen atoms in total. The van der Waals surface area contributed by atoms with Crippen molar-refractivity contribution in [1.82, 2.24) is 4.90 Å². The van der Waals surface area contributed by atoms with Gasteiger partial charge in [0.2, 0.25) is 0 Å². The molecule has 2 aromatic carbocycles. The molecule has 0 saturated carbocycles. The molecule has 0 aliphatic rings. The van der Waals surface area contributed by atoms with Crippen LogP contribution in [0.1, 0.15) is 26.3 Å². The normalized spacial score (nSPS) is 12.1. The second-order valence-corrected chi connectivity index (χ2v) is 9.97. The van der Waals surface area contributed by atoms with Crippen LogP contribution in [-0.4, -0.2) is 44.5 Å². The Balaban J connectivity index is 2.00. The summed E-state index contributed by atoms with van der Waals surface area (Å²) in [5.74, 6) is -0.521. The van der Waals surface area contributed by atoms with Gasteiger partial charge >= 0.3 is 12.5 Å². The average Bonchev–Trinajstić information content (AvgIpc) is 2.70. The van der Waals surface area contributed by atoms with Crippen molar-refractivity contribution in [3.05, 3.63) is 66.7 Å². The number of carbonyl (C=O) groups excluding carboxylic acids is 1. The maximum atomic E-state index is 12.5. The number of nitrogens with zero attached hydrogens (tertiary/aromatic N) is 1. The third kappa shape index (κ3) is 8.97. The van der Waals surface area contributed by atoms with Gasteiger partial charge in [-0.2, -0.15) is 0 Å². The van der Waals surface area contributed by atoms with Crippen molar-refractivity contribution in [2.24, 2.45) is 0 Å². The zero-order valence-electron chi connectivity index (χ0n) is 19.1. The number of ether oxygens (including phenoxy) is 2. The Morgan fingerprint density at radius 1 is 1.06 bits per heavy atom. The molecule has 0 spiro atoms. The first-order valence-electron chi connectivity index (χ1n) is 10.2. The minimum absolute atomic E-state index is 0.219. The van der Waals surface area contributed by atoms with Gasteiger partial charge in [-0.25, -0.2) is 13.2 Å². The number of anilines is 1. The summed E-state index contributed by atoms with van der Waals surface area (Å²) in [6, 6.07) is 10.4. The topological polar surface area (TPSA) is 84.9 Å². The van der Waals surface area contributed by atoms with E-state index >= 15 is 0 Å². The molecule has 2 aromatic rings. The SMILES string of the molecule is C=CCN(CCc1ccc(NS(=O)(=O)c2ccc(OC(F)(F)F)cc2)cc1)C(=O)OC(C)(C)C. The Morgan fingerprint density at radius 2 is 1.65 bits per heavy atom. The lowest BCUT2D eigenvalue weighted by molar-refractivity contribution is -0.274. The van der Waals surface area contributed by atoms with E-state index in [1.54, 1.807) is 51.1 Å². The summed E-state index contributed by atoms with van der Waals surface area (Å²) in [6.45, 7) is 9.68. The maximum absolute atomic E-state index is 12.5. The number of carbonyl (C=O) groups is 1. The molecular formula is C23H27F3N2O5S. The van der Waals surface area contributed by atoms with Crippen molar-refractivity contribution in [3.63, 3.8) is 0 Å². The first-order chi connectivity index (χ1) is 15.7. The maximum Gasteiger partial charge on any atom is 0.573 e. The van der Waals surface area contributed by atoms with Crippen LogP contribution >= 0.6 is 0 Å². The van der Waals surface area contributed by atoms with Gasteiger partial charge < -0.3 is 14.4 Å². The Bertz CT molecular complexity index is 1080. The minimum atomic E-state index is -4.87. The fourth-order valence-corrected chi connectivity index (χ4v) is 3.84. The predicted octanol–water partition coefficient (Wildman–Crippen LogP) is 5.35. The van der Waals surface area contributed by atoms with Crippen LogP contribution in [0, 0.1) is 0 Å². The van der Waals surface area contributed by atoms with E-state index in [-0.39, 0.29) is 10.6 Å². The highest BCUT2D eigenvalue weighted by molar-refractivity contribution is 7.92. The fourth-order valence-electron chi connectivity index (χ4n) is 2.78. The Hall–Kier alpha value is -3.21. The quantitative estimate of drug-likeness (QED) is 0.469. The highest BCUT2D eigenvalue weighted by atomic mass is 32.2. The summed E-state index contributed by atoms with van der Waals surface area (Å²) >= 11 is 0. The summed E-state index contributed by atoms with van der Waals surface area (Å²) in [5, 5.41) is 0. The molecule has 11 heteroatoms. The number of hydrogen-bond acceptors (Lipinski definition) is 5. The van der Waals surface area contributed by atoms with Crippen LogP contribution in [0.4, 0.5) is 23.7 Å². The van der Waals surface area contributed by atoms with Gasteiger partial charge in [0, 0.05) is 18.8 Å². The molecule has 0 saturated heterocycles. The molecule has 0 radical (unpaired) electrons. The first kappa shape index (κ1) is 27.0. The van der Waals surface area contributed by atoms with Crippen LogP contribution < -0.4 is 9.46 Å². The van der Waals surface area contributed by atoms with Crippen LogP contribution in [-0.2, 0) is 21.2 Å². The second kappa shape index (κ2) is 10.8. The van der Waals surface area contributed by atoms with Crippen LogP contribution in [0.25, 0.3) is 0 Å². The molecule has 0 bridgehead atoms. The summed E-state index contributed by atoms with van der Waals surface area (Å²) < 4.78 is 73.3. The van der Waals surface area contributed by atoms with Crippen LogP contribution in [0.15, 0.2) is 66.1 Å².